The number of amides is 1. The van der Waals surface area contributed by atoms with E-state index in [1.165, 1.54) is 12.1 Å². The molecule has 0 unspecified atom stereocenters. The SMILES string of the molecule is O=C(NCc1ccccn1)c1cc(F)ccc1-n1cccc1. The number of hydrogen-bond acceptors (Lipinski definition) is 2. The second kappa shape index (κ2) is 6.22. The van der Waals surface area contributed by atoms with Gasteiger partial charge >= 0.3 is 0 Å². The van der Waals surface area contributed by atoms with Crippen molar-refractivity contribution in [2.45, 2.75) is 6.54 Å². The Morgan fingerprint density at radius 2 is 1.95 bits per heavy atom. The maximum atomic E-state index is 13.5. The molecule has 0 saturated heterocycles. The average Bonchev–Trinajstić information content (AvgIpc) is 3.08. The lowest BCUT2D eigenvalue weighted by Crippen LogP contribution is -2.24. The van der Waals surface area contributed by atoms with Crippen molar-refractivity contribution in [3.8, 4) is 5.69 Å². The summed E-state index contributed by atoms with van der Waals surface area (Å²) in [4.78, 5) is 16.5. The van der Waals surface area contributed by atoms with E-state index in [0.29, 0.717) is 12.2 Å². The van der Waals surface area contributed by atoms with Gasteiger partial charge in [0, 0.05) is 18.6 Å². The molecular weight excluding hydrogens is 281 g/mol. The van der Waals surface area contributed by atoms with Gasteiger partial charge in [-0.25, -0.2) is 4.39 Å². The third-order valence-corrected chi connectivity index (χ3v) is 3.24. The molecule has 0 atom stereocenters. The van der Waals surface area contributed by atoms with Crippen molar-refractivity contribution in [2.75, 3.05) is 0 Å². The molecule has 3 rings (SSSR count). The van der Waals surface area contributed by atoms with Gasteiger partial charge < -0.3 is 9.88 Å². The van der Waals surface area contributed by atoms with Gasteiger partial charge in [-0.05, 0) is 42.5 Å². The Hall–Kier alpha value is -2.95. The van der Waals surface area contributed by atoms with Gasteiger partial charge in [-0.2, -0.15) is 0 Å². The van der Waals surface area contributed by atoms with Gasteiger partial charge in [-0.3, -0.25) is 9.78 Å². The standard InChI is InChI=1S/C17H14FN3O/c18-13-6-7-16(21-9-3-4-10-21)15(11-13)17(22)20-12-14-5-1-2-8-19-14/h1-11H,12H2,(H,20,22). The maximum Gasteiger partial charge on any atom is 0.253 e. The van der Waals surface area contributed by atoms with Gasteiger partial charge in [0.2, 0.25) is 0 Å². The fourth-order valence-electron chi connectivity index (χ4n) is 2.18. The van der Waals surface area contributed by atoms with Crippen molar-refractivity contribution >= 4 is 5.91 Å². The summed E-state index contributed by atoms with van der Waals surface area (Å²) >= 11 is 0. The molecule has 5 heteroatoms. The molecular formula is C17H14FN3O. The molecule has 0 fully saturated rings. The Morgan fingerprint density at radius 3 is 2.68 bits per heavy atom. The van der Waals surface area contributed by atoms with E-state index >= 15 is 0 Å². The lowest BCUT2D eigenvalue weighted by atomic mass is 10.1. The fraction of sp³-hybridized carbons (Fsp3) is 0.0588. The van der Waals surface area contributed by atoms with Crippen LogP contribution in [0.1, 0.15) is 16.1 Å². The predicted molar refractivity (Wildman–Crippen MR) is 81.1 cm³/mol. The first kappa shape index (κ1) is 14.0. The fourth-order valence-corrected chi connectivity index (χ4v) is 2.18. The second-order valence-electron chi connectivity index (χ2n) is 4.76. The molecule has 0 spiro atoms. The molecule has 110 valence electrons. The molecule has 2 heterocycles. The Labute approximate surface area is 127 Å². The molecule has 22 heavy (non-hydrogen) atoms. The smallest absolute Gasteiger partial charge is 0.253 e. The number of nitrogens with zero attached hydrogens (tertiary/aromatic N) is 2. The molecule has 1 aromatic carbocycles. The van der Waals surface area contributed by atoms with Crippen LogP contribution in [0.4, 0.5) is 4.39 Å². The molecule has 1 amide bonds. The van der Waals surface area contributed by atoms with E-state index in [1.807, 2.05) is 42.7 Å². The Balaban J connectivity index is 1.84. The zero-order valence-electron chi connectivity index (χ0n) is 11.7. The van der Waals surface area contributed by atoms with Gasteiger partial charge in [0.25, 0.3) is 5.91 Å². The molecule has 0 aliphatic carbocycles. The van der Waals surface area contributed by atoms with Crippen LogP contribution in [0.2, 0.25) is 0 Å². The quantitative estimate of drug-likeness (QED) is 0.804. The van der Waals surface area contributed by atoms with Gasteiger partial charge in [0.05, 0.1) is 23.5 Å². The first-order valence-electron chi connectivity index (χ1n) is 6.85. The van der Waals surface area contributed by atoms with Crippen molar-refractivity contribution in [1.82, 2.24) is 14.9 Å². The van der Waals surface area contributed by atoms with Crippen LogP contribution < -0.4 is 5.32 Å². The lowest BCUT2D eigenvalue weighted by molar-refractivity contribution is 0.0950. The number of carbonyl (C=O) groups excluding carboxylic acids is 1. The lowest BCUT2D eigenvalue weighted by Gasteiger charge is -2.11. The van der Waals surface area contributed by atoms with Crippen molar-refractivity contribution in [3.05, 3.63) is 84.2 Å². The van der Waals surface area contributed by atoms with Crippen LogP contribution in [0.3, 0.4) is 0 Å². The van der Waals surface area contributed by atoms with E-state index in [-0.39, 0.29) is 11.5 Å². The molecule has 2 aromatic heterocycles. The molecule has 0 radical (unpaired) electrons. The van der Waals surface area contributed by atoms with Gasteiger partial charge in [0.15, 0.2) is 0 Å². The summed E-state index contributed by atoms with van der Waals surface area (Å²) in [5.74, 6) is -0.784. The predicted octanol–water partition coefficient (Wildman–Crippen LogP) is 2.94. The molecule has 3 aromatic rings. The van der Waals surface area contributed by atoms with Crippen molar-refractivity contribution in [2.24, 2.45) is 0 Å². The van der Waals surface area contributed by atoms with Crippen molar-refractivity contribution in [1.29, 1.82) is 0 Å². The largest absolute Gasteiger partial charge is 0.346 e. The number of benzene rings is 1. The minimum absolute atomic E-state index is 0.284. The van der Waals surface area contributed by atoms with E-state index in [9.17, 15) is 9.18 Å². The minimum Gasteiger partial charge on any atom is -0.346 e. The van der Waals surface area contributed by atoms with Crippen LogP contribution in [-0.2, 0) is 6.54 Å². The molecule has 4 nitrogen and oxygen atoms in total. The number of carbonyl (C=O) groups is 1. The highest BCUT2D eigenvalue weighted by Gasteiger charge is 2.13. The number of hydrogen-bond donors (Lipinski definition) is 1. The Bertz CT molecular complexity index is 770. The number of halogens is 1. The summed E-state index contributed by atoms with van der Waals surface area (Å²) in [5.41, 5.74) is 1.66. The summed E-state index contributed by atoms with van der Waals surface area (Å²) in [6.45, 7) is 0.293. The van der Waals surface area contributed by atoms with Crippen LogP contribution in [0.5, 0.6) is 0 Å². The zero-order valence-corrected chi connectivity index (χ0v) is 11.7. The first-order chi connectivity index (χ1) is 10.7. The Morgan fingerprint density at radius 1 is 1.14 bits per heavy atom. The number of rotatable bonds is 4. The molecule has 1 N–H and O–H groups in total. The van der Waals surface area contributed by atoms with Gasteiger partial charge in [-0.15, -0.1) is 0 Å². The number of nitrogens with one attached hydrogen (secondary N) is 1. The van der Waals surface area contributed by atoms with Gasteiger partial charge in [-0.1, -0.05) is 6.07 Å². The third kappa shape index (κ3) is 3.03. The molecule has 0 aliphatic rings. The summed E-state index contributed by atoms with van der Waals surface area (Å²) in [5, 5.41) is 2.76. The molecule has 0 bridgehead atoms. The molecule has 0 saturated carbocycles. The third-order valence-electron chi connectivity index (χ3n) is 3.24. The van der Waals surface area contributed by atoms with Crippen LogP contribution in [0, 0.1) is 5.82 Å². The molecule has 0 aliphatic heterocycles. The van der Waals surface area contributed by atoms with E-state index in [1.54, 1.807) is 16.8 Å². The zero-order chi connectivity index (χ0) is 15.4. The second-order valence-corrected chi connectivity index (χ2v) is 4.76. The summed E-state index contributed by atoms with van der Waals surface area (Å²) in [6.07, 6.45) is 5.28. The van der Waals surface area contributed by atoms with Crippen LogP contribution in [0.15, 0.2) is 67.1 Å². The van der Waals surface area contributed by atoms with E-state index in [0.717, 1.165) is 5.69 Å². The maximum absolute atomic E-state index is 13.5. The number of aromatic nitrogens is 2. The topological polar surface area (TPSA) is 46.9 Å². The highest BCUT2D eigenvalue weighted by Crippen LogP contribution is 2.16. The number of pyridine rings is 1. The summed E-state index contributed by atoms with van der Waals surface area (Å²) in [7, 11) is 0. The van der Waals surface area contributed by atoms with Crippen LogP contribution in [-0.4, -0.2) is 15.5 Å². The highest BCUT2D eigenvalue weighted by atomic mass is 19.1. The van der Waals surface area contributed by atoms with Crippen LogP contribution >= 0.6 is 0 Å². The van der Waals surface area contributed by atoms with Crippen LogP contribution in [0.25, 0.3) is 5.69 Å². The minimum atomic E-state index is -0.445. The summed E-state index contributed by atoms with van der Waals surface area (Å²) in [6, 6.07) is 13.3. The van der Waals surface area contributed by atoms with E-state index < -0.39 is 5.82 Å². The van der Waals surface area contributed by atoms with Crippen molar-refractivity contribution in [3.63, 3.8) is 0 Å². The van der Waals surface area contributed by atoms with Crippen molar-refractivity contribution < 1.29 is 9.18 Å². The summed E-state index contributed by atoms with van der Waals surface area (Å²) < 4.78 is 15.3. The highest BCUT2D eigenvalue weighted by molar-refractivity contribution is 5.97. The first-order valence-corrected chi connectivity index (χ1v) is 6.85. The van der Waals surface area contributed by atoms with E-state index in [4.69, 9.17) is 0 Å². The monoisotopic (exact) mass is 295 g/mol. The average molecular weight is 295 g/mol. The van der Waals surface area contributed by atoms with E-state index in [2.05, 4.69) is 10.3 Å². The Kier molecular flexibility index (Phi) is 3.96. The van der Waals surface area contributed by atoms with Gasteiger partial charge in [0.1, 0.15) is 5.82 Å². The normalized spacial score (nSPS) is 10.4.